The molecule has 0 aromatic carbocycles. The van der Waals surface area contributed by atoms with E-state index in [1.54, 1.807) is 12.1 Å². The molecule has 0 unspecified atom stereocenters. The van der Waals surface area contributed by atoms with Gasteiger partial charge in [-0.25, -0.2) is 0 Å². The molecule has 6 heteroatoms. The first-order valence-corrected chi connectivity index (χ1v) is 5.84. The van der Waals surface area contributed by atoms with E-state index in [0.29, 0.717) is 17.6 Å². The molecule has 1 N–H and O–H groups in total. The normalized spacial score (nSPS) is 27.2. The average molecular weight is 234 g/mol. The monoisotopic (exact) mass is 234 g/mol. The molecule has 0 bridgehead atoms. The van der Waals surface area contributed by atoms with Gasteiger partial charge in [-0.3, -0.25) is 0 Å². The standard InChI is InChI=1S/C11H14N4O2/c16-15(17)11-9(2-1-4-13-11)14-5-3-8-6-12-7-10(8)14/h1-2,4,8,10,12H,3,5-7H2/t8-,10+/m0/s1. The number of fused-ring (bicyclic) bond motifs is 1. The van der Waals surface area contributed by atoms with Crippen LogP contribution in [0.2, 0.25) is 0 Å². The van der Waals surface area contributed by atoms with Crippen molar-refractivity contribution in [1.29, 1.82) is 0 Å². The van der Waals surface area contributed by atoms with E-state index in [2.05, 4.69) is 15.2 Å². The van der Waals surface area contributed by atoms with Crippen LogP contribution >= 0.6 is 0 Å². The summed E-state index contributed by atoms with van der Waals surface area (Å²) in [6.07, 6.45) is 2.58. The molecule has 1 aromatic heterocycles. The molecule has 0 saturated carbocycles. The fourth-order valence-electron chi connectivity index (χ4n) is 2.90. The predicted molar refractivity (Wildman–Crippen MR) is 63.0 cm³/mol. The second-order valence-corrected chi connectivity index (χ2v) is 4.57. The lowest BCUT2D eigenvalue weighted by molar-refractivity contribution is -0.388. The number of aromatic nitrogens is 1. The van der Waals surface area contributed by atoms with E-state index in [0.717, 1.165) is 26.1 Å². The van der Waals surface area contributed by atoms with Gasteiger partial charge in [-0.15, -0.1) is 0 Å². The van der Waals surface area contributed by atoms with Gasteiger partial charge in [0.1, 0.15) is 11.9 Å². The highest BCUT2D eigenvalue weighted by molar-refractivity contribution is 5.60. The van der Waals surface area contributed by atoms with Gasteiger partial charge < -0.3 is 20.3 Å². The third kappa shape index (κ3) is 1.64. The molecule has 6 nitrogen and oxygen atoms in total. The van der Waals surface area contributed by atoms with Gasteiger partial charge >= 0.3 is 5.82 Å². The minimum atomic E-state index is -0.398. The summed E-state index contributed by atoms with van der Waals surface area (Å²) in [6.45, 7) is 2.83. The first-order valence-electron chi connectivity index (χ1n) is 5.84. The molecule has 2 atom stereocenters. The highest BCUT2D eigenvalue weighted by Crippen LogP contribution is 2.35. The Labute approximate surface area is 98.8 Å². The van der Waals surface area contributed by atoms with Crippen molar-refractivity contribution >= 4 is 11.5 Å². The van der Waals surface area contributed by atoms with E-state index in [1.807, 2.05) is 0 Å². The van der Waals surface area contributed by atoms with Crippen LogP contribution in [0, 0.1) is 16.0 Å². The van der Waals surface area contributed by atoms with Crippen molar-refractivity contribution in [2.75, 3.05) is 24.5 Å². The number of hydrogen-bond donors (Lipinski definition) is 1. The molecule has 2 saturated heterocycles. The van der Waals surface area contributed by atoms with Crippen LogP contribution in [0.15, 0.2) is 18.3 Å². The summed E-state index contributed by atoms with van der Waals surface area (Å²) in [7, 11) is 0. The lowest BCUT2D eigenvalue weighted by Gasteiger charge is -2.24. The van der Waals surface area contributed by atoms with E-state index in [4.69, 9.17) is 0 Å². The fourth-order valence-corrected chi connectivity index (χ4v) is 2.90. The average Bonchev–Trinajstić information content (AvgIpc) is 2.90. The molecule has 90 valence electrons. The minimum Gasteiger partial charge on any atom is -0.360 e. The van der Waals surface area contributed by atoms with Crippen molar-refractivity contribution in [3.05, 3.63) is 28.4 Å². The smallest absolute Gasteiger partial charge is 0.360 e. The van der Waals surface area contributed by atoms with Gasteiger partial charge in [-0.05, 0) is 34.4 Å². The molecule has 0 radical (unpaired) electrons. The summed E-state index contributed by atoms with van der Waals surface area (Å²) in [5, 5.41) is 14.3. The van der Waals surface area contributed by atoms with Gasteiger partial charge in [0.2, 0.25) is 0 Å². The molecule has 2 aliphatic rings. The Bertz CT molecular complexity index is 451. The molecule has 0 spiro atoms. The predicted octanol–water partition coefficient (Wildman–Crippen LogP) is 0.788. The number of nitrogens with zero attached hydrogens (tertiary/aromatic N) is 3. The Morgan fingerprint density at radius 3 is 3.24 bits per heavy atom. The zero-order valence-corrected chi connectivity index (χ0v) is 9.37. The molecule has 17 heavy (non-hydrogen) atoms. The lowest BCUT2D eigenvalue weighted by atomic mass is 10.1. The number of rotatable bonds is 2. The number of hydrogen-bond acceptors (Lipinski definition) is 5. The molecular weight excluding hydrogens is 220 g/mol. The van der Waals surface area contributed by atoms with Crippen molar-refractivity contribution in [3.8, 4) is 0 Å². The number of anilines is 1. The Morgan fingerprint density at radius 1 is 1.53 bits per heavy atom. The zero-order chi connectivity index (χ0) is 11.8. The zero-order valence-electron chi connectivity index (χ0n) is 9.37. The summed E-state index contributed by atoms with van der Waals surface area (Å²) < 4.78 is 0. The van der Waals surface area contributed by atoms with Gasteiger partial charge in [-0.1, -0.05) is 0 Å². The highest BCUT2D eigenvalue weighted by Gasteiger charge is 2.39. The first kappa shape index (κ1) is 10.5. The number of nitro groups is 1. The Hall–Kier alpha value is -1.69. The van der Waals surface area contributed by atoms with E-state index >= 15 is 0 Å². The van der Waals surface area contributed by atoms with Gasteiger partial charge in [0, 0.05) is 25.7 Å². The molecule has 2 aliphatic heterocycles. The van der Waals surface area contributed by atoms with Crippen LogP contribution in [0.3, 0.4) is 0 Å². The van der Waals surface area contributed by atoms with Crippen LogP contribution in [-0.2, 0) is 0 Å². The largest absolute Gasteiger partial charge is 0.387 e. The molecule has 0 amide bonds. The van der Waals surface area contributed by atoms with Crippen molar-refractivity contribution in [3.63, 3.8) is 0 Å². The summed E-state index contributed by atoms with van der Waals surface area (Å²) in [5.41, 5.74) is 0.661. The van der Waals surface area contributed by atoms with Gasteiger partial charge in [0.25, 0.3) is 0 Å². The summed E-state index contributed by atoms with van der Waals surface area (Å²) in [4.78, 5) is 16.6. The summed E-state index contributed by atoms with van der Waals surface area (Å²) in [5.74, 6) is 0.592. The van der Waals surface area contributed by atoms with Crippen LogP contribution in [0.25, 0.3) is 0 Å². The summed E-state index contributed by atoms with van der Waals surface area (Å²) >= 11 is 0. The van der Waals surface area contributed by atoms with Crippen LogP contribution in [0.1, 0.15) is 6.42 Å². The molecule has 0 aliphatic carbocycles. The van der Waals surface area contributed by atoms with Crippen molar-refractivity contribution < 1.29 is 4.92 Å². The van der Waals surface area contributed by atoms with Crippen molar-refractivity contribution in [2.24, 2.45) is 5.92 Å². The Kier molecular flexibility index (Phi) is 2.44. The number of pyridine rings is 1. The number of nitrogens with one attached hydrogen (secondary N) is 1. The Balaban J connectivity index is 1.96. The van der Waals surface area contributed by atoms with Crippen molar-refractivity contribution in [1.82, 2.24) is 10.3 Å². The maximum absolute atomic E-state index is 11.0. The maximum Gasteiger partial charge on any atom is 0.387 e. The van der Waals surface area contributed by atoms with E-state index in [9.17, 15) is 10.1 Å². The third-order valence-corrected chi connectivity index (χ3v) is 3.69. The van der Waals surface area contributed by atoms with Crippen LogP contribution in [0.4, 0.5) is 11.5 Å². The quantitative estimate of drug-likeness (QED) is 0.605. The minimum absolute atomic E-state index is 0.0277. The van der Waals surface area contributed by atoms with E-state index in [1.165, 1.54) is 6.20 Å². The first-order chi connectivity index (χ1) is 8.27. The molecule has 2 fully saturated rings. The lowest BCUT2D eigenvalue weighted by Crippen LogP contribution is -2.34. The molecule has 1 aromatic rings. The highest BCUT2D eigenvalue weighted by atomic mass is 16.6. The van der Waals surface area contributed by atoms with Gasteiger partial charge in [-0.2, -0.15) is 0 Å². The summed E-state index contributed by atoms with van der Waals surface area (Å²) in [6, 6.07) is 3.95. The molecule has 3 rings (SSSR count). The second kappa shape index (κ2) is 3.96. The van der Waals surface area contributed by atoms with Gasteiger partial charge in [0.05, 0.1) is 0 Å². The SMILES string of the molecule is O=[N+]([O-])c1ncccc1N1CC[C@H]2CNC[C@H]21. The maximum atomic E-state index is 11.0. The van der Waals surface area contributed by atoms with Crippen molar-refractivity contribution in [2.45, 2.75) is 12.5 Å². The second-order valence-electron chi connectivity index (χ2n) is 4.57. The Morgan fingerprint density at radius 2 is 2.41 bits per heavy atom. The third-order valence-electron chi connectivity index (χ3n) is 3.69. The van der Waals surface area contributed by atoms with E-state index in [-0.39, 0.29) is 5.82 Å². The van der Waals surface area contributed by atoms with Gasteiger partial charge in [0.15, 0.2) is 0 Å². The van der Waals surface area contributed by atoms with Crippen LogP contribution in [-0.4, -0.2) is 35.6 Å². The van der Waals surface area contributed by atoms with E-state index < -0.39 is 4.92 Å². The molecule has 3 heterocycles. The van der Waals surface area contributed by atoms with Crippen LogP contribution in [0.5, 0.6) is 0 Å². The molecular formula is C11H14N4O2. The van der Waals surface area contributed by atoms with Crippen LogP contribution < -0.4 is 10.2 Å². The fraction of sp³-hybridized carbons (Fsp3) is 0.545. The topological polar surface area (TPSA) is 71.3 Å².